The molecule has 18 heteroatoms. The molecule has 0 aliphatic rings. The molecule has 0 fully saturated rings. The Hall–Kier alpha value is -15.3. The topological polar surface area (TPSA) is 271 Å². The highest BCUT2D eigenvalue weighted by atomic mass is 16.3. The molecule has 12 aromatic carbocycles. The van der Waals surface area contributed by atoms with E-state index in [-0.39, 0.29) is 34.5 Å². The van der Waals surface area contributed by atoms with Crippen LogP contribution in [0.25, 0.3) is 65.4 Å². The summed E-state index contributed by atoms with van der Waals surface area (Å²) in [5, 5.41) is 88.8. The summed E-state index contributed by atoms with van der Waals surface area (Å²) in [7, 11) is 0. The highest BCUT2D eigenvalue weighted by molar-refractivity contribution is 5.93. The van der Waals surface area contributed by atoms with Gasteiger partial charge in [-0.25, -0.2) is 29.9 Å². The van der Waals surface area contributed by atoms with E-state index in [0.29, 0.717) is 72.4 Å². The van der Waals surface area contributed by atoms with E-state index >= 15 is 0 Å². The zero-order valence-electron chi connectivity index (χ0n) is 89.9. The van der Waals surface area contributed by atoms with Gasteiger partial charge in [0.05, 0.1) is 73.4 Å². The third-order valence-electron chi connectivity index (χ3n) is 28.5. The van der Waals surface area contributed by atoms with Crippen LogP contribution in [-0.4, -0.2) is 60.5 Å². The number of aryl methyl sites for hydroxylation is 25. The molecule has 0 radical (unpaired) electrons. The van der Waals surface area contributed by atoms with E-state index in [2.05, 4.69) is 259 Å². The number of pyridine rings is 6. The number of hydrogen-bond donors (Lipinski definition) is 12. The van der Waals surface area contributed by atoms with Crippen molar-refractivity contribution in [3.8, 4) is 34.5 Å². The molecule has 144 heavy (non-hydrogen) atoms. The van der Waals surface area contributed by atoms with E-state index in [9.17, 15) is 30.6 Å². The van der Waals surface area contributed by atoms with Crippen molar-refractivity contribution in [2.75, 3.05) is 31.9 Å². The molecule has 0 bridgehead atoms. The summed E-state index contributed by atoms with van der Waals surface area (Å²) in [5.74, 6) is 1.67. The lowest BCUT2D eigenvalue weighted by Gasteiger charge is -2.15. The maximum absolute atomic E-state index is 10.3. The summed E-state index contributed by atoms with van der Waals surface area (Å²) in [6.45, 7) is 65.8. The molecule has 0 amide bonds. The van der Waals surface area contributed by atoms with Crippen molar-refractivity contribution in [1.29, 1.82) is 0 Å². The first-order valence-corrected chi connectivity index (χ1v) is 49.6. The average Bonchev–Trinajstić information content (AvgIpc) is 0.802. The van der Waals surface area contributed by atoms with Crippen molar-refractivity contribution in [2.24, 2.45) is 0 Å². The van der Waals surface area contributed by atoms with Crippen LogP contribution in [0.15, 0.2) is 182 Å². The lowest BCUT2D eigenvalue weighted by molar-refractivity contribution is 0.475. The zero-order chi connectivity index (χ0) is 105. The van der Waals surface area contributed by atoms with Crippen molar-refractivity contribution in [3.63, 3.8) is 0 Å². The van der Waals surface area contributed by atoms with Crippen LogP contribution in [0, 0.1) is 208 Å². The predicted octanol–water partition coefficient (Wildman–Crippen LogP) is 30.6. The second kappa shape index (κ2) is 45.3. The zero-order valence-corrected chi connectivity index (χ0v) is 89.9. The van der Waals surface area contributed by atoms with Crippen molar-refractivity contribution in [2.45, 2.75) is 247 Å². The fourth-order valence-corrected chi connectivity index (χ4v) is 19.0. The fourth-order valence-electron chi connectivity index (χ4n) is 19.0. The molecule has 0 spiro atoms. The van der Waals surface area contributed by atoms with Crippen molar-refractivity contribution in [3.05, 3.63) is 383 Å². The summed E-state index contributed by atoms with van der Waals surface area (Å²) in [6, 6.07) is 62.3. The van der Waals surface area contributed by atoms with Crippen molar-refractivity contribution < 1.29 is 30.6 Å². The van der Waals surface area contributed by atoms with Gasteiger partial charge in [-0.05, 0) is 436 Å². The summed E-state index contributed by atoms with van der Waals surface area (Å²) in [4.78, 5) is 28.0. The van der Waals surface area contributed by atoms with Crippen LogP contribution in [0.3, 0.4) is 0 Å². The fraction of sp³-hybridized carbons (Fsp3) is 0.286. The minimum absolute atomic E-state index is 0.277. The minimum Gasteiger partial charge on any atom is -0.505 e. The Labute approximate surface area is 851 Å². The van der Waals surface area contributed by atoms with Crippen LogP contribution in [0.1, 0.15) is 201 Å². The van der Waals surface area contributed by atoms with Gasteiger partial charge in [0.1, 0.15) is 67.6 Å². The summed E-state index contributed by atoms with van der Waals surface area (Å²) >= 11 is 0. The maximum atomic E-state index is 10.3. The Morgan fingerprint density at radius 3 is 0.785 bits per heavy atom. The van der Waals surface area contributed by atoms with Gasteiger partial charge in [0, 0.05) is 66.4 Å². The van der Waals surface area contributed by atoms with Crippen LogP contribution in [0.2, 0.25) is 0 Å². The smallest absolute Gasteiger partial charge is 0.144 e. The molecule has 0 saturated heterocycles. The van der Waals surface area contributed by atoms with Crippen LogP contribution in [-0.2, 0) is 39.3 Å². The molecule has 6 aromatic heterocycles. The first-order chi connectivity index (χ1) is 68.2. The highest BCUT2D eigenvalue weighted by Crippen LogP contribution is 2.39. The van der Waals surface area contributed by atoms with Crippen LogP contribution in [0.5, 0.6) is 34.5 Å². The number of hydrogen-bond acceptors (Lipinski definition) is 18. The molecule has 6 heterocycles. The van der Waals surface area contributed by atoms with Gasteiger partial charge in [-0.15, -0.1) is 0 Å². The molecule has 0 saturated carbocycles. The number of phenolic OH excluding ortho intramolecular Hbond substituents is 6. The highest BCUT2D eigenvalue weighted by Gasteiger charge is 2.20. The van der Waals surface area contributed by atoms with Gasteiger partial charge < -0.3 is 62.5 Å². The normalized spacial score (nSPS) is 11.0. The number of benzene rings is 12. The van der Waals surface area contributed by atoms with Crippen molar-refractivity contribution in [1.82, 2.24) is 29.9 Å². The van der Waals surface area contributed by atoms with Gasteiger partial charge in [0.2, 0.25) is 0 Å². The number of phenols is 6. The average molecular weight is 1920 g/mol. The van der Waals surface area contributed by atoms with E-state index in [1.54, 1.807) is 0 Å². The predicted molar refractivity (Wildman–Crippen MR) is 605 cm³/mol. The lowest BCUT2D eigenvalue weighted by atomic mass is 10.0. The van der Waals surface area contributed by atoms with E-state index in [0.717, 1.165) is 162 Å². The van der Waals surface area contributed by atoms with Crippen LogP contribution in [0.4, 0.5) is 34.1 Å². The molecular weight excluding hydrogens is 1780 g/mol. The first-order valence-electron chi connectivity index (χ1n) is 49.6. The molecule has 18 aromatic rings. The first kappa shape index (κ1) is 106. The number of aromatic nitrogens is 6. The molecule has 0 unspecified atom stereocenters. The Bertz CT molecular complexity index is 7830. The standard InChI is InChI=1S/6C21H24N2O/c1-12-6-9-19(16(5)15(12)4)22-11-17-7-8-18-13(2)10-14(3)21(24)20(18)23-17;1-12-9-18(10-13(2)16(12)5)22-11-17-6-7-19-14(3)8-15(4)21(24)20(19)23-17;1-12-8-15(4)19(10-13(12)2)22-11-17-6-7-18-14(3)9-16(5)21(24)20(18)23-17;1-12-8-14(3)19(15(4)9-12)22-11-17-6-7-18-13(2)10-16(5)21(24)20(18)23-17;1-12-8-13(2)16(5)19(9-12)22-11-17-6-7-18-14(3)10-15(4)21(24)20(18)23-17;1-12-6-7-13(2)19(16(12)5)22-11-17-8-9-18-14(3)10-15(4)21(24)20(18)23-17/h6*6-10,22,24H,11H2,1-5H3. The Balaban J connectivity index is 0.000000145. The van der Waals surface area contributed by atoms with Gasteiger partial charge in [0.15, 0.2) is 0 Å². The SMILES string of the molecule is Cc1cc(C)c(C)c(NCc2ccc3c(C)cc(C)c(O)c3n2)c1.Cc1cc(C)c(NCc2ccc3c(C)cc(C)c(O)c3n2)c(C)c1.Cc1cc(C)c(NCc2ccc3c(C)cc(C)c(O)c3n2)cc1C.Cc1cc(NCc2ccc3c(C)cc(C)c(O)c3n2)cc(C)c1C.Cc1ccc(C)c(NCc2ccc3c(C)cc(C)c(O)c3n2)c1C.Cc1ccc(NCc2ccc3c(C)cc(C)c(O)c3n2)c(C)c1C. The molecular formula is C126H144N12O6. The molecule has 12 N–H and O–H groups in total. The summed E-state index contributed by atoms with van der Waals surface area (Å²) in [6.07, 6.45) is 0. The number of anilines is 6. The minimum atomic E-state index is 0.277. The third-order valence-corrected chi connectivity index (χ3v) is 28.5. The number of fused-ring (bicyclic) bond motifs is 6. The van der Waals surface area contributed by atoms with Gasteiger partial charge in [-0.1, -0.05) is 121 Å². The van der Waals surface area contributed by atoms with E-state index in [1.165, 1.54) is 106 Å². The molecule has 18 rings (SSSR count). The van der Waals surface area contributed by atoms with Gasteiger partial charge >= 0.3 is 0 Å². The number of rotatable bonds is 18. The number of nitrogens with zero attached hydrogens (tertiary/aromatic N) is 6. The largest absolute Gasteiger partial charge is 0.505 e. The molecule has 0 aliphatic heterocycles. The van der Waals surface area contributed by atoms with Gasteiger partial charge in [0.25, 0.3) is 0 Å². The second-order valence-electron chi connectivity index (χ2n) is 39.9. The van der Waals surface area contributed by atoms with Crippen molar-refractivity contribution >= 4 is 99.5 Å². The molecule has 0 atom stereocenters. The van der Waals surface area contributed by atoms with E-state index in [4.69, 9.17) is 0 Å². The third kappa shape index (κ3) is 24.4. The van der Waals surface area contributed by atoms with Crippen LogP contribution < -0.4 is 31.9 Å². The van der Waals surface area contributed by atoms with E-state index < -0.39 is 0 Å². The van der Waals surface area contributed by atoms with E-state index in [1.807, 2.05) is 192 Å². The lowest BCUT2D eigenvalue weighted by Crippen LogP contribution is -2.05. The Morgan fingerprint density at radius 2 is 0.431 bits per heavy atom. The van der Waals surface area contributed by atoms with Crippen LogP contribution >= 0.6 is 0 Å². The summed E-state index contributed by atoms with van der Waals surface area (Å²) < 4.78 is 0. The van der Waals surface area contributed by atoms with Gasteiger partial charge in [-0.2, -0.15) is 0 Å². The quantitative estimate of drug-likeness (QED) is 0.0381. The number of aromatic hydroxyl groups is 6. The Morgan fingerprint density at radius 1 is 0.167 bits per heavy atom. The molecule has 0 aliphatic carbocycles. The molecule has 744 valence electrons. The number of nitrogens with one attached hydrogen (secondary N) is 6. The maximum Gasteiger partial charge on any atom is 0.144 e. The van der Waals surface area contributed by atoms with Gasteiger partial charge in [-0.3, -0.25) is 0 Å². The Kier molecular flexibility index (Phi) is 33.4. The monoisotopic (exact) mass is 1920 g/mol. The summed E-state index contributed by atoms with van der Waals surface area (Å²) in [5.41, 5.74) is 51.4. The second-order valence-corrected chi connectivity index (χ2v) is 39.9. The molecule has 18 nitrogen and oxygen atoms in total.